The quantitative estimate of drug-likeness (QED) is 0.630. The van der Waals surface area contributed by atoms with E-state index >= 15 is 0 Å². The standard InChI is InChI=1S/C26H32N2O4/c1-6-28(7-2)24(29)19-10-8-18(9-11-19)22-17-26(3,14-15-27-4)32-23-16-20(25(30)31-5)12-13-21(22)23/h8-13,16-17,27H,6-7,14-15H2,1-5H3. The average Bonchev–Trinajstić information content (AvgIpc) is 2.82. The molecule has 6 nitrogen and oxygen atoms in total. The molecule has 6 heteroatoms. The van der Waals surface area contributed by atoms with Crippen LogP contribution in [-0.2, 0) is 4.74 Å². The Balaban J connectivity index is 2.03. The predicted molar refractivity (Wildman–Crippen MR) is 126 cm³/mol. The Morgan fingerprint density at radius 1 is 1.06 bits per heavy atom. The molecule has 0 aliphatic carbocycles. The first kappa shape index (κ1) is 23.5. The highest BCUT2D eigenvalue weighted by Gasteiger charge is 2.32. The normalized spacial score (nSPS) is 17.1. The lowest BCUT2D eigenvalue weighted by Crippen LogP contribution is -2.36. The molecule has 3 rings (SSSR count). The van der Waals surface area contributed by atoms with Gasteiger partial charge in [0.05, 0.1) is 12.7 Å². The molecule has 2 aromatic rings. The molecule has 0 spiro atoms. The number of hydrogen-bond acceptors (Lipinski definition) is 5. The van der Waals surface area contributed by atoms with E-state index in [4.69, 9.17) is 9.47 Å². The van der Waals surface area contributed by atoms with E-state index in [2.05, 4.69) is 11.4 Å². The molecule has 0 radical (unpaired) electrons. The molecule has 0 aromatic heterocycles. The van der Waals surface area contributed by atoms with Gasteiger partial charge in [0.1, 0.15) is 11.4 Å². The number of fused-ring (bicyclic) bond motifs is 1. The van der Waals surface area contributed by atoms with Crippen LogP contribution in [0.1, 0.15) is 59.0 Å². The molecular weight excluding hydrogens is 404 g/mol. The van der Waals surface area contributed by atoms with Crippen LogP contribution in [0.3, 0.4) is 0 Å². The highest BCUT2D eigenvalue weighted by molar-refractivity contribution is 5.95. The van der Waals surface area contributed by atoms with Gasteiger partial charge in [-0.05, 0) is 81.9 Å². The number of hydrogen-bond donors (Lipinski definition) is 1. The fraction of sp³-hybridized carbons (Fsp3) is 0.385. The van der Waals surface area contributed by atoms with Gasteiger partial charge in [-0.3, -0.25) is 4.79 Å². The maximum Gasteiger partial charge on any atom is 0.337 e. The second-order valence-electron chi connectivity index (χ2n) is 8.08. The van der Waals surface area contributed by atoms with Gasteiger partial charge >= 0.3 is 5.97 Å². The van der Waals surface area contributed by atoms with Crippen LogP contribution in [0.25, 0.3) is 5.57 Å². The van der Waals surface area contributed by atoms with Crippen LogP contribution in [-0.4, -0.2) is 56.2 Å². The molecule has 1 atom stereocenters. The molecule has 0 bridgehead atoms. The zero-order valence-corrected chi connectivity index (χ0v) is 19.5. The predicted octanol–water partition coefficient (Wildman–Crippen LogP) is 4.15. The first-order chi connectivity index (χ1) is 15.4. The number of methoxy groups -OCH3 is 1. The minimum atomic E-state index is -0.546. The van der Waals surface area contributed by atoms with Gasteiger partial charge < -0.3 is 19.7 Å². The summed E-state index contributed by atoms with van der Waals surface area (Å²) < 4.78 is 11.2. The minimum absolute atomic E-state index is 0.0319. The van der Waals surface area contributed by atoms with Gasteiger partial charge in [-0.25, -0.2) is 4.79 Å². The Kier molecular flexibility index (Phi) is 7.36. The molecule has 0 saturated carbocycles. The number of carbonyl (C=O) groups excluding carboxylic acids is 2. The minimum Gasteiger partial charge on any atom is -0.483 e. The monoisotopic (exact) mass is 436 g/mol. The average molecular weight is 437 g/mol. The summed E-state index contributed by atoms with van der Waals surface area (Å²) in [6.45, 7) is 8.14. The molecule has 0 saturated heterocycles. The van der Waals surface area contributed by atoms with Gasteiger partial charge in [0.2, 0.25) is 0 Å². The fourth-order valence-corrected chi connectivity index (χ4v) is 3.96. The maximum atomic E-state index is 12.7. The summed E-state index contributed by atoms with van der Waals surface area (Å²) in [6.07, 6.45) is 2.89. The number of benzene rings is 2. The molecule has 1 amide bonds. The summed E-state index contributed by atoms with van der Waals surface area (Å²) in [5.74, 6) is 0.278. The fourth-order valence-electron chi connectivity index (χ4n) is 3.96. The lowest BCUT2D eigenvalue weighted by Gasteiger charge is -2.34. The van der Waals surface area contributed by atoms with E-state index in [-0.39, 0.29) is 5.91 Å². The Labute approximate surface area is 190 Å². The molecule has 1 aliphatic heterocycles. The summed E-state index contributed by atoms with van der Waals surface area (Å²) >= 11 is 0. The van der Waals surface area contributed by atoms with Gasteiger partial charge in [-0.1, -0.05) is 12.1 Å². The molecule has 1 unspecified atom stereocenters. The van der Waals surface area contributed by atoms with Crippen molar-refractivity contribution in [3.05, 3.63) is 70.8 Å². The maximum absolute atomic E-state index is 12.7. The molecule has 1 heterocycles. The van der Waals surface area contributed by atoms with Crippen LogP contribution in [0, 0.1) is 0 Å². The molecule has 0 fully saturated rings. The molecule has 32 heavy (non-hydrogen) atoms. The van der Waals surface area contributed by atoms with Crippen molar-refractivity contribution in [1.82, 2.24) is 10.2 Å². The number of esters is 1. The second kappa shape index (κ2) is 10.0. The van der Waals surface area contributed by atoms with Crippen molar-refractivity contribution >= 4 is 17.4 Å². The summed E-state index contributed by atoms with van der Waals surface area (Å²) in [5, 5.41) is 3.17. The smallest absolute Gasteiger partial charge is 0.337 e. The Bertz CT molecular complexity index is 1010. The number of nitrogens with zero attached hydrogens (tertiary/aromatic N) is 1. The van der Waals surface area contributed by atoms with Gasteiger partial charge in [0.25, 0.3) is 5.91 Å². The molecule has 170 valence electrons. The molecule has 1 aliphatic rings. The topological polar surface area (TPSA) is 67.9 Å². The Morgan fingerprint density at radius 2 is 1.72 bits per heavy atom. The van der Waals surface area contributed by atoms with E-state index in [9.17, 15) is 9.59 Å². The van der Waals surface area contributed by atoms with E-state index in [1.807, 2.05) is 58.2 Å². The van der Waals surface area contributed by atoms with E-state index in [1.54, 1.807) is 17.0 Å². The first-order valence-electron chi connectivity index (χ1n) is 11.0. The zero-order valence-electron chi connectivity index (χ0n) is 19.5. The number of ether oxygens (including phenoxy) is 2. The highest BCUT2D eigenvalue weighted by atomic mass is 16.5. The molecular formula is C26H32N2O4. The summed E-state index contributed by atoms with van der Waals surface area (Å²) in [4.78, 5) is 26.5. The third kappa shape index (κ3) is 4.86. The van der Waals surface area contributed by atoms with Crippen LogP contribution in [0.15, 0.2) is 48.5 Å². The SMILES string of the molecule is CCN(CC)C(=O)c1ccc(C2=CC(C)(CCNC)Oc3cc(C(=O)OC)ccc32)cc1. The van der Waals surface area contributed by atoms with E-state index < -0.39 is 11.6 Å². The van der Waals surface area contributed by atoms with Gasteiger partial charge in [-0.2, -0.15) is 0 Å². The largest absolute Gasteiger partial charge is 0.483 e. The Hall–Kier alpha value is -3.12. The number of rotatable bonds is 8. The first-order valence-corrected chi connectivity index (χ1v) is 11.0. The van der Waals surface area contributed by atoms with Crippen molar-refractivity contribution in [3.63, 3.8) is 0 Å². The van der Waals surface area contributed by atoms with E-state index in [0.29, 0.717) is 30.0 Å². The van der Waals surface area contributed by atoms with E-state index in [0.717, 1.165) is 29.7 Å². The number of carbonyl (C=O) groups is 2. The third-order valence-corrected chi connectivity index (χ3v) is 5.85. The van der Waals surface area contributed by atoms with Crippen LogP contribution in [0.5, 0.6) is 5.75 Å². The van der Waals surface area contributed by atoms with E-state index in [1.165, 1.54) is 7.11 Å². The lowest BCUT2D eigenvalue weighted by atomic mass is 9.87. The van der Waals surface area contributed by atoms with Crippen LogP contribution >= 0.6 is 0 Å². The van der Waals surface area contributed by atoms with Crippen LogP contribution in [0.4, 0.5) is 0 Å². The number of nitrogens with one attached hydrogen (secondary N) is 1. The van der Waals surface area contributed by atoms with Crippen molar-refractivity contribution in [1.29, 1.82) is 0 Å². The van der Waals surface area contributed by atoms with Gasteiger partial charge in [0.15, 0.2) is 0 Å². The van der Waals surface area contributed by atoms with Crippen LogP contribution < -0.4 is 10.1 Å². The van der Waals surface area contributed by atoms with Gasteiger partial charge in [-0.15, -0.1) is 0 Å². The van der Waals surface area contributed by atoms with Gasteiger partial charge in [0, 0.05) is 30.6 Å². The van der Waals surface area contributed by atoms with Crippen molar-refractivity contribution in [2.75, 3.05) is 33.8 Å². The Morgan fingerprint density at radius 3 is 2.31 bits per heavy atom. The van der Waals surface area contributed by atoms with Crippen molar-refractivity contribution in [3.8, 4) is 5.75 Å². The van der Waals surface area contributed by atoms with Crippen molar-refractivity contribution in [2.45, 2.75) is 32.8 Å². The lowest BCUT2D eigenvalue weighted by molar-refractivity contribution is 0.0598. The second-order valence-corrected chi connectivity index (χ2v) is 8.08. The molecule has 1 N–H and O–H groups in total. The highest BCUT2D eigenvalue weighted by Crippen LogP contribution is 2.41. The summed E-state index contributed by atoms with van der Waals surface area (Å²) in [7, 11) is 3.28. The zero-order chi connectivity index (χ0) is 23.3. The number of amides is 1. The van der Waals surface area contributed by atoms with Crippen molar-refractivity contribution in [2.24, 2.45) is 0 Å². The summed E-state index contributed by atoms with van der Waals surface area (Å²) in [5.41, 5.74) is 3.49. The van der Waals surface area contributed by atoms with Crippen molar-refractivity contribution < 1.29 is 19.1 Å². The third-order valence-electron chi connectivity index (χ3n) is 5.85. The molecule has 2 aromatic carbocycles. The van der Waals surface area contributed by atoms with Crippen LogP contribution in [0.2, 0.25) is 0 Å². The summed E-state index contributed by atoms with van der Waals surface area (Å²) in [6, 6.07) is 13.1.